The summed E-state index contributed by atoms with van der Waals surface area (Å²) < 4.78 is 20.5. The second-order valence-electron chi connectivity index (χ2n) is 5.28. The zero-order valence-corrected chi connectivity index (χ0v) is 14.8. The molecule has 1 saturated heterocycles. The minimum Gasteiger partial charge on any atom is -0.463 e. The lowest BCUT2D eigenvalue weighted by Gasteiger charge is -2.23. The quantitative estimate of drug-likeness (QED) is 0.133. The van der Waals surface area contributed by atoms with Crippen molar-refractivity contribution in [1.82, 2.24) is 16.0 Å². The Labute approximate surface area is 153 Å². The van der Waals surface area contributed by atoms with Crippen LogP contribution >= 0.6 is 0 Å². The van der Waals surface area contributed by atoms with Crippen LogP contribution in [0.2, 0.25) is 0 Å². The molecule has 150 valence electrons. The van der Waals surface area contributed by atoms with Crippen LogP contribution in [-0.2, 0) is 38.1 Å². The van der Waals surface area contributed by atoms with Gasteiger partial charge in [0.25, 0.3) is 0 Å². The van der Waals surface area contributed by atoms with Crippen LogP contribution in [0, 0.1) is 5.41 Å². The molecule has 1 heterocycles. The first kappa shape index (κ1) is 21.8. The fraction of sp³-hybridized carbons (Fsp3) is 0.571. The highest BCUT2D eigenvalue weighted by atomic mass is 16.7. The van der Waals surface area contributed by atoms with Gasteiger partial charge in [-0.3, -0.25) is 35.2 Å². The second kappa shape index (κ2) is 10.1. The summed E-state index contributed by atoms with van der Waals surface area (Å²) in [6, 6.07) is -0.966. The number of urea groups is 1. The van der Waals surface area contributed by atoms with E-state index in [4.69, 9.17) is 24.4 Å². The normalized spacial score (nSPS) is 23.5. The maximum absolute atomic E-state index is 11.9. The number of guanidine groups is 1. The summed E-state index contributed by atoms with van der Waals surface area (Å²) in [5.74, 6) is -2.68. The lowest BCUT2D eigenvalue weighted by atomic mass is 10.1. The molecule has 0 bridgehead atoms. The van der Waals surface area contributed by atoms with Crippen LogP contribution in [0.5, 0.6) is 0 Å². The van der Waals surface area contributed by atoms with Crippen molar-refractivity contribution in [3.63, 3.8) is 0 Å². The molecule has 0 aromatic rings. The van der Waals surface area contributed by atoms with Crippen LogP contribution in [0.4, 0.5) is 4.79 Å². The van der Waals surface area contributed by atoms with Crippen LogP contribution < -0.4 is 16.0 Å². The zero-order chi connectivity index (χ0) is 20.6. The van der Waals surface area contributed by atoms with E-state index in [1.54, 1.807) is 0 Å². The summed E-state index contributed by atoms with van der Waals surface area (Å²) in [7, 11) is 0. The summed E-state index contributed by atoms with van der Waals surface area (Å²) in [6.45, 7) is 3.06. The molecule has 13 nitrogen and oxygen atoms in total. The van der Waals surface area contributed by atoms with Gasteiger partial charge in [0.1, 0.15) is 12.7 Å². The molecule has 3 amide bonds. The summed E-state index contributed by atoms with van der Waals surface area (Å²) in [4.78, 5) is 55.9. The molecule has 1 aliphatic heterocycles. The van der Waals surface area contributed by atoms with Crippen molar-refractivity contribution in [2.75, 3.05) is 6.61 Å². The van der Waals surface area contributed by atoms with E-state index in [-0.39, 0.29) is 13.0 Å². The van der Waals surface area contributed by atoms with Gasteiger partial charge in [-0.05, 0) is 0 Å². The summed E-state index contributed by atoms with van der Waals surface area (Å²) in [5.41, 5.74) is 0. The van der Waals surface area contributed by atoms with E-state index in [0.717, 1.165) is 20.8 Å². The van der Waals surface area contributed by atoms with Gasteiger partial charge in [0.15, 0.2) is 18.4 Å². The van der Waals surface area contributed by atoms with Gasteiger partial charge in [0.05, 0.1) is 0 Å². The fourth-order valence-electron chi connectivity index (χ4n) is 2.21. The molecule has 27 heavy (non-hydrogen) atoms. The Morgan fingerprint density at radius 1 is 1.04 bits per heavy atom. The molecule has 0 spiro atoms. The van der Waals surface area contributed by atoms with Gasteiger partial charge in [-0.1, -0.05) is 0 Å². The number of rotatable bonds is 6. The molecule has 0 radical (unpaired) electrons. The van der Waals surface area contributed by atoms with Gasteiger partial charge >= 0.3 is 23.9 Å². The number of hydrogen-bond acceptors (Lipinski definition) is 10. The Kier molecular flexibility index (Phi) is 8.13. The minimum absolute atomic E-state index is 0.183. The molecule has 0 saturated carbocycles. The Balaban J connectivity index is 2.93. The molecule has 13 heteroatoms. The third-order valence-electron chi connectivity index (χ3n) is 3.08. The van der Waals surface area contributed by atoms with E-state index in [1.165, 1.54) is 0 Å². The van der Waals surface area contributed by atoms with E-state index in [1.807, 2.05) is 10.6 Å². The van der Waals surface area contributed by atoms with Crippen molar-refractivity contribution in [3.8, 4) is 0 Å². The zero-order valence-electron chi connectivity index (χ0n) is 14.8. The monoisotopic (exact) mass is 388 g/mol. The second-order valence-corrected chi connectivity index (χ2v) is 5.28. The van der Waals surface area contributed by atoms with Crippen LogP contribution in [0.3, 0.4) is 0 Å². The van der Waals surface area contributed by atoms with Gasteiger partial charge in [-0.2, -0.15) is 0 Å². The number of hydrogen-bond donors (Lipinski definition) is 4. The highest BCUT2D eigenvalue weighted by Gasteiger charge is 2.50. The van der Waals surface area contributed by atoms with Crippen LogP contribution in [0.1, 0.15) is 20.8 Å². The van der Waals surface area contributed by atoms with Gasteiger partial charge in [-0.15, -0.1) is 0 Å². The summed E-state index contributed by atoms with van der Waals surface area (Å²) in [5, 5.41) is 13.4. The molecular weight excluding hydrogens is 368 g/mol. The molecule has 0 unspecified atom stereocenters. The standard InChI is InChI=1S/C14H20N4O9/c1-6(20)24-4-9-10(25-7(2)21)11(26-8(3)22)12(27-9)17-14(23)18-13(15)16-5-19/h5,9-12H,4H2,1-3H3,(H4,15,16,17,18,19,23)/t9-,10-,11-,12-/m0/s1. The number of amides is 3. The van der Waals surface area contributed by atoms with E-state index in [9.17, 15) is 24.0 Å². The third kappa shape index (κ3) is 7.27. The maximum atomic E-state index is 11.9. The number of nitrogens with one attached hydrogen (secondary N) is 4. The molecule has 4 N–H and O–H groups in total. The number of esters is 3. The highest BCUT2D eigenvalue weighted by molar-refractivity contribution is 5.98. The number of ether oxygens (including phenoxy) is 4. The Morgan fingerprint density at radius 3 is 2.15 bits per heavy atom. The smallest absolute Gasteiger partial charge is 0.323 e. The molecule has 1 aliphatic rings. The minimum atomic E-state index is -1.29. The van der Waals surface area contributed by atoms with Crippen molar-refractivity contribution < 1.29 is 42.9 Å². The molecular formula is C14H20N4O9. The van der Waals surface area contributed by atoms with Crippen molar-refractivity contribution in [1.29, 1.82) is 5.41 Å². The molecule has 0 aliphatic carbocycles. The SMILES string of the molecule is CC(=O)OC[C@@H]1O[C@H](NC(=O)NC(=N)NC=O)[C@@H](OC(C)=O)[C@H]1OC(C)=O. The van der Waals surface area contributed by atoms with Crippen molar-refractivity contribution in [3.05, 3.63) is 0 Å². The first-order chi connectivity index (χ1) is 12.6. The third-order valence-corrected chi connectivity index (χ3v) is 3.08. The van der Waals surface area contributed by atoms with Crippen LogP contribution in [0.15, 0.2) is 0 Å². The average molecular weight is 388 g/mol. The highest BCUT2D eigenvalue weighted by Crippen LogP contribution is 2.26. The molecule has 4 atom stereocenters. The van der Waals surface area contributed by atoms with Crippen molar-refractivity contribution in [2.24, 2.45) is 0 Å². The van der Waals surface area contributed by atoms with Crippen LogP contribution in [0.25, 0.3) is 0 Å². The summed E-state index contributed by atoms with van der Waals surface area (Å²) >= 11 is 0. The average Bonchev–Trinajstić information content (AvgIpc) is 2.81. The van der Waals surface area contributed by atoms with Crippen molar-refractivity contribution >= 4 is 36.3 Å². The molecule has 0 aromatic carbocycles. The largest absolute Gasteiger partial charge is 0.463 e. The number of carbonyl (C=O) groups is 5. The van der Waals surface area contributed by atoms with E-state index in [2.05, 4.69) is 5.32 Å². The Hall–Kier alpha value is -3.22. The van der Waals surface area contributed by atoms with Gasteiger partial charge in [0.2, 0.25) is 12.4 Å². The van der Waals surface area contributed by atoms with Gasteiger partial charge < -0.3 is 24.3 Å². The van der Waals surface area contributed by atoms with E-state index < -0.39 is 54.4 Å². The topological polar surface area (TPSA) is 182 Å². The van der Waals surface area contributed by atoms with Crippen LogP contribution in [-0.4, -0.2) is 67.5 Å². The first-order valence-electron chi connectivity index (χ1n) is 7.63. The lowest BCUT2D eigenvalue weighted by Crippen LogP contribution is -2.52. The molecule has 1 fully saturated rings. The van der Waals surface area contributed by atoms with Gasteiger partial charge in [0, 0.05) is 20.8 Å². The van der Waals surface area contributed by atoms with Gasteiger partial charge in [-0.25, -0.2) is 4.79 Å². The fourth-order valence-corrected chi connectivity index (χ4v) is 2.21. The molecule has 1 rings (SSSR count). The van der Waals surface area contributed by atoms with E-state index in [0.29, 0.717) is 0 Å². The Morgan fingerprint density at radius 2 is 1.63 bits per heavy atom. The molecule has 0 aromatic heterocycles. The predicted molar refractivity (Wildman–Crippen MR) is 85.0 cm³/mol. The summed E-state index contributed by atoms with van der Waals surface area (Å²) in [6.07, 6.45) is -4.54. The Bertz CT molecular complexity index is 624. The number of carbonyl (C=O) groups excluding carboxylic acids is 5. The maximum Gasteiger partial charge on any atom is 0.323 e. The van der Waals surface area contributed by atoms with E-state index >= 15 is 0 Å². The lowest BCUT2D eigenvalue weighted by molar-refractivity contribution is -0.165. The predicted octanol–water partition coefficient (Wildman–Crippen LogP) is -1.88. The first-order valence-corrected chi connectivity index (χ1v) is 7.63. The van der Waals surface area contributed by atoms with Crippen molar-refractivity contribution in [2.45, 2.75) is 45.3 Å².